The molecule has 2 heteroatoms. The second-order valence-electron chi connectivity index (χ2n) is 6.12. The highest BCUT2D eigenvalue weighted by Crippen LogP contribution is 2.44. The number of nitrogens with zero attached hydrogens (tertiary/aromatic N) is 2. The van der Waals surface area contributed by atoms with E-state index in [1.165, 1.54) is 27.3 Å². The van der Waals surface area contributed by atoms with Gasteiger partial charge in [-0.15, -0.1) is 0 Å². The first-order valence-corrected chi connectivity index (χ1v) is 7.35. The van der Waals surface area contributed by atoms with Gasteiger partial charge in [-0.3, -0.25) is 9.88 Å². The molecule has 2 heterocycles. The number of aromatic nitrogens is 1. The Morgan fingerprint density at radius 1 is 1.10 bits per heavy atom. The molecule has 2 nitrogen and oxygen atoms in total. The summed E-state index contributed by atoms with van der Waals surface area (Å²) in [6, 6.07) is 11.7. The maximum atomic E-state index is 4.69. The van der Waals surface area contributed by atoms with Crippen LogP contribution in [0.1, 0.15) is 22.7 Å². The highest BCUT2D eigenvalue weighted by atomic mass is 15.1. The van der Waals surface area contributed by atoms with Gasteiger partial charge in [0.1, 0.15) is 0 Å². The van der Waals surface area contributed by atoms with Crippen LogP contribution in [-0.2, 0) is 12.8 Å². The van der Waals surface area contributed by atoms with Gasteiger partial charge in [0.25, 0.3) is 0 Å². The van der Waals surface area contributed by atoms with E-state index >= 15 is 0 Å². The zero-order valence-corrected chi connectivity index (χ0v) is 11.6. The molecule has 0 fully saturated rings. The number of rotatable bonds is 0. The third-order valence-corrected chi connectivity index (χ3v) is 5.10. The lowest BCUT2D eigenvalue weighted by molar-refractivity contribution is 0.230. The average Bonchev–Trinajstić information content (AvgIpc) is 2.50. The zero-order chi connectivity index (χ0) is 13.3. The Morgan fingerprint density at radius 2 is 2.05 bits per heavy atom. The molecule has 0 radical (unpaired) electrons. The second kappa shape index (κ2) is 3.58. The molecule has 98 valence electrons. The van der Waals surface area contributed by atoms with Crippen molar-refractivity contribution in [2.45, 2.75) is 18.9 Å². The van der Waals surface area contributed by atoms with E-state index < -0.39 is 0 Å². The Hall–Kier alpha value is -1.93. The lowest BCUT2D eigenvalue weighted by atomic mass is 9.79. The summed E-state index contributed by atoms with van der Waals surface area (Å²) < 4.78 is 0. The molecule has 1 aliphatic heterocycles. The first-order chi connectivity index (χ1) is 9.83. The van der Waals surface area contributed by atoms with E-state index in [9.17, 15) is 0 Å². The van der Waals surface area contributed by atoms with Crippen LogP contribution < -0.4 is 0 Å². The number of hydrogen-bond donors (Lipinski definition) is 0. The van der Waals surface area contributed by atoms with Crippen LogP contribution >= 0.6 is 0 Å². The van der Waals surface area contributed by atoms with Gasteiger partial charge in [0.2, 0.25) is 0 Å². The second-order valence-corrected chi connectivity index (χ2v) is 6.12. The van der Waals surface area contributed by atoms with E-state index in [2.05, 4.69) is 47.3 Å². The van der Waals surface area contributed by atoms with E-state index in [0.29, 0.717) is 6.04 Å². The van der Waals surface area contributed by atoms with Gasteiger partial charge in [-0.25, -0.2) is 0 Å². The van der Waals surface area contributed by atoms with Gasteiger partial charge in [-0.2, -0.15) is 0 Å². The maximum Gasteiger partial charge on any atom is 0.0712 e. The molecule has 2 aliphatic rings. The third-order valence-electron chi connectivity index (χ3n) is 5.10. The number of hydrogen-bond acceptors (Lipinski definition) is 2. The van der Waals surface area contributed by atoms with E-state index in [0.717, 1.165) is 24.9 Å². The Labute approximate surface area is 118 Å². The lowest BCUT2D eigenvalue weighted by Gasteiger charge is -2.38. The summed E-state index contributed by atoms with van der Waals surface area (Å²) in [6.07, 6.45) is 4.33. The molecule has 0 bridgehead atoms. The van der Waals surface area contributed by atoms with Gasteiger partial charge < -0.3 is 0 Å². The molecule has 1 aromatic heterocycles. The summed E-state index contributed by atoms with van der Waals surface area (Å²) in [5.41, 5.74) is 5.72. The highest BCUT2D eigenvalue weighted by molar-refractivity contribution is 6.10. The van der Waals surface area contributed by atoms with Crippen molar-refractivity contribution in [3.05, 3.63) is 53.2 Å². The first-order valence-electron chi connectivity index (χ1n) is 7.35. The Balaban J connectivity index is 2.07. The lowest BCUT2D eigenvalue weighted by Crippen LogP contribution is -2.34. The molecule has 5 rings (SSSR count). The summed E-state index contributed by atoms with van der Waals surface area (Å²) in [4.78, 5) is 7.20. The van der Waals surface area contributed by atoms with Gasteiger partial charge in [0.15, 0.2) is 0 Å². The molecule has 0 saturated carbocycles. The number of pyridine rings is 1. The number of benzene rings is 2. The Kier molecular flexibility index (Phi) is 1.94. The van der Waals surface area contributed by atoms with Crippen LogP contribution in [0.3, 0.4) is 0 Å². The SMILES string of the molecule is CN1CCc2ccc3ncc4cccc5c4c3c2[C@H]1C5. The molecule has 0 N–H and O–H groups in total. The quantitative estimate of drug-likeness (QED) is 0.575. The van der Waals surface area contributed by atoms with Gasteiger partial charge in [0, 0.05) is 29.6 Å². The molecule has 20 heavy (non-hydrogen) atoms. The molecule has 2 aromatic carbocycles. The molecule has 0 unspecified atom stereocenters. The van der Waals surface area contributed by atoms with Crippen LogP contribution in [0.25, 0.3) is 21.7 Å². The minimum atomic E-state index is 0.532. The maximum absolute atomic E-state index is 4.69. The molecule has 0 spiro atoms. The molecule has 1 aliphatic carbocycles. The van der Waals surface area contributed by atoms with Crippen LogP contribution in [0.2, 0.25) is 0 Å². The van der Waals surface area contributed by atoms with Crippen LogP contribution in [-0.4, -0.2) is 23.5 Å². The van der Waals surface area contributed by atoms with Crippen molar-refractivity contribution in [2.24, 2.45) is 0 Å². The molecule has 1 atom stereocenters. The van der Waals surface area contributed by atoms with Gasteiger partial charge in [-0.1, -0.05) is 24.3 Å². The van der Waals surface area contributed by atoms with Crippen molar-refractivity contribution in [1.82, 2.24) is 9.88 Å². The summed E-state index contributed by atoms with van der Waals surface area (Å²) in [6.45, 7) is 1.16. The van der Waals surface area contributed by atoms with Crippen molar-refractivity contribution >= 4 is 21.7 Å². The highest BCUT2D eigenvalue weighted by Gasteiger charge is 2.31. The van der Waals surface area contributed by atoms with Crippen LogP contribution in [0.15, 0.2) is 36.5 Å². The van der Waals surface area contributed by atoms with Crippen molar-refractivity contribution < 1.29 is 0 Å². The normalized spacial score (nSPS) is 20.9. The average molecular weight is 260 g/mol. The minimum Gasteiger partial charge on any atom is -0.299 e. The largest absolute Gasteiger partial charge is 0.299 e. The van der Waals surface area contributed by atoms with E-state index in [-0.39, 0.29) is 0 Å². The van der Waals surface area contributed by atoms with Crippen LogP contribution in [0.4, 0.5) is 0 Å². The predicted octanol–water partition coefficient (Wildman–Crippen LogP) is 3.47. The Morgan fingerprint density at radius 3 is 3.00 bits per heavy atom. The van der Waals surface area contributed by atoms with Crippen LogP contribution in [0, 0.1) is 0 Å². The first kappa shape index (κ1) is 10.8. The fraction of sp³-hybridized carbons (Fsp3) is 0.278. The fourth-order valence-corrected chi connectivity index (χ4v) is 4.10. The van der Waals surface area contributed by atoms with E-state index in [1.54, 1.807) is 5.56 Å². The number of likely N-dealkylation sites (N-methyl/N-ethyl adjacent to an activating group) is 1. The summed E-state index contributed by atoms with van der Waals surface area (Å²) in [5.74, 6) is 0. The van der Waals surface area contributed by atoms with Crippen molar-refractivity contribution in [3.8, 4) is 0 Å². The smallest absolute Gasteiger partial charge is 0.0712 e. The molecule has 3 aromatic rings. The van der Waals surface area contributed by atoms with Crippen molar-refractivity contribution in [3.63, 3.8) is 0 Å². The zero-order valence-electron chi connectivity index (χ0n) is 11.6. The molecular weight excluding hydrogens is 244 g/mol. The monoisotopic (exact) mass is 260 g/mol. The summed E-state index contributed by atoms with van der Waals surface area (Å²) in [5, 5.41) is 4.15. The fourth-order valence-electron chi connectivity index (χ4n) is 4.10. The Bertz CT molecular complexity index is 866. The summed E-state index contributed by atoms with van der Waals surface area (Å²) >= 11 is 0. The minimum absolute atomic E-state index is 0.532. The van der Waals surface area contributed by atoms with Crippen molar-refractivity contribution in [2.75, 3.05) is 13.6 Å². The van der Waals surface area contributed by atoms with Crippen LogP contribution in [0.5, 0.6) is 0 Å². The van der Waals surface area contributed by atoms with Gasteiger partial charge in [-0.05, 0) is 48.0 Å². The molecule has 0 amide bonds. The topological polar surface area (TPSA) is 16.1 Å². The summed E-state index contributed by atoms with van der Waals surface area (Å²) in [7, 11) is 2.26. The van der Waals surface area contributed by atoms with Crippen molar-refractivity contribution in [1.29, 1.82) is 0 Å². The predicted molar refractivity (Wildman–Crippen MR) is 82.0 cm³/mol. The van der Waals surface area contributed by atoms with E-state index in [4.69, 9.17) is 0 Å². The standard InChI is InChI=1S/C18H16N2/c1-20-8-7-11-5-6-14-18-16-12(9-15(20)17(11)18)3-2-4-13(16)10-19-14/h2-6,10,15H,7-9H2,1H3/t15-/m1/s1. The van der Waals surface area contributed by atoms with Gasteiger partial charge in [0.05, 0.1) is 5.52 Å². The van der Waals surface area contributed by atoms with E-state index in [1.807, 2.05) is 6.20 Å². The molecular formula is C18H16N2. The third kappa shape index (κ3) is 1.20. The van der Waals surface area contributed by atoms with Gasteiger partial charge >= 0.3 is 0 Å². The molecule has 0 saturated heterocycles.